The van der Waals surface area contributed by atoms with Crippen LogP contribution in [0.2, 0.25) is 0 Å². The largest absolute Gasteiger partial charge is 0.337 e. The summed E-state index contributed by atoms with van der Waals surface area (Å²) in [4.78, 5) is 23.3. The fourth-order valence-corrected chi connectivity index (χ4v) is 3.57. The summed E-state index contributed by atoms with van der Waals surface area (Å²) in [7, 11) is 0. The van der Waals surface area contributed by atoms with Crippen molar-refractivity contribution in [3.8, 4) is 11.4 Å². The molecule has 1 aromatic carbocycles. The van der Waals surface area contributed by atoms with Crippen molar-refractivity contribution in [1.29, 1.82) is 0 Å². The van der Waals surface area contributed by atoms with E-state index >= 15 is 0 Å². The number of carbonyl (C=O) groups excluding carboxylic acids is 1. The van der Waals surface area contributed by atoms with E-state index in [0.29, 0.717) is 5.82 Å². The van der Waals surface area contributed by atoms with Crippen molar-refractivity contribution in [3.63, 3.8) is 0 Å². The zero-order valence-electron chi connectivity index (χ0n) is 14.6. The Hall–Kier alpha value is -2.96. The molecule has 1 N–H and O–H groups in total. The molecule has 1 amide bonds. The fourth-order valence-electron chi connectivity index (χ4n) is 3.57. The molecule has 0 bridgehead atoms. The first kappa shape index (κ1) is 16.5. The van der Waals surface area contributed by atoms with Crippen molar-refractivity contribution < 1.29 is 4.79 Å². The predicted molar refractivity (Wildman–Crippen MR) is 97.3 cm³/mol. The molecule has 7 heteroatoms. The summed E-state index contributed by atoms with van der Waals surface area (Å²) in [5, 5.41) is 6.70. The van der Waals surface area contributed by atoms with Gasteiger partial charge in [-0.2, -0.15) is 5.10 Å². The average Bonchev–Trinajstić information content (AvgIpc) is 3.40. The van der Waals surface area contributed by atoms with Gasteiger partial charge in [0.15, 0.2) is 5.82 Å². The normalized spacial score (nSPS) is 17.4. The van der Waals surface area contributed by atoms with Crippen LogP contribution in [0.3, 0.4) is 0 Å². The van der Waals surface area contributed by atoms with Crippen LogP contribution in [-0.4, -0.2) is 48.1 Å². The number of hydrogen-bond acceptors (Lipinski definition) is 4. The second-order valence-corrected chi connectivity index (χ2v) is 6.65. The Labute approximate surface area is 152 Å². The number of benzene rings is 1. The van der Waals surface area contributed by atoms with Crippen LogP contribution in [0.15, 0.2) is 49.3 Å². The summed E-state index contributed by atoms with van der Waals surface area (Å²) in [5.41, 5.74) is 1.65. The number of aryl methyl sites for hydroxylation is 1. The number of nitrogens with one attached hydrogen (secondary N) is 1. The molecule has 134 valence electrons. The zero-order chi connectivity index (χ0) is 17.8. The molecule has 0 radical (unpaired) electrons. The van der Waals surface area contributed by atoms with Crippen molar-refractivity contribution in [3.05, 3.63) is 54.9 Å². The number of aromatic nitrogens is 5. The quantitative estimate of drug-likeness (QED) is 0.767. The summed E-state index contributed by atoms with van der Waals surface area (Å²) in [6.07, 6.45) is 11.3. The molecule has 2 aromatic heterocycles. The molecular formula is C19H22N6O. The minimum atomic E-state index is 0.115. The zero-order valence-corrected chi connectivity index (χ0v) is 14.6. The van der Waals surface area contributed by atoms with Gasteiger partial charge >= 0.3 is 0 Å². The van der Waals surface area contributed by atoms with Crippen molar-refractivity contribution in [2.24, 2.45) is 0 Å². The lowest BCUT2D eigenvalue weighted by Crippen LogP contribution is -2.44. The van der Waals surface area contributed by atoms with E-state index in [1.165, 1.54) is 12.7 Å². The Balaban J connectivity index is 1.46. The van der Waals surface area contributed by atoms with Crippen molar-refractivity contribution >= 4 is 5.91 Å². The maximum absolute atomic E-state index is 13.0. The topological polar surface area (TPSA) is 79.7 Å². The Morgan fingerprint density at radius 1 is 1.23 bits per heavy atom. The van der Waals surface area contributed by atoms with Gasteiger partial charge in [-0.25, -0.2) is 9.97 Å². The number of aromatic amines is 1. The predicted octanol–water partition coefficient (Wildman–Crippen LogP) is 2.75. The summed E-state index contributed by atoms with van der Waals surface area (Å²) in [6, 6.07) is 7.87. The number of H-pyrrole nitrogens is 1. The lowest BCUT2D eigenvalue weighted by atomic mass is 9.98. The van der Waals surface area contributed by atoms with Gasteiger partial charge in [0, 0.05) is 42.7 Å². The maximum atomic E-state index is 13.0. The number of hydrogen-bond donors (Lipinski definition) is 1. The molecule has 0 saturated carbocycles. The highest BCUT2D eigenvalue weighted by Crippen LogP contribution is 2.23. The molecule has 1 fully saturated rings. The first-order chi connectivity index (χ1) is 12.8. The first-order valence-electron chi connectivity index (χ1n) is 9.04. The molecule has 1 atom stereocenters. The molecule has 0 spiro atoms. The van der Waals surface area contributed by atoms with E-state index in [9.17, 15) is 4.79 Å². The number of amides is 1. The molecule has 0 aliphatic carbocycles. The molecule has 7 nitrogen and oxygen atoms in total. The van der Waals surface area contributed by atoms with Gasteiger partial charge in [-0.05, 0) is 37.8 Å². The van der Waals surface area contributed by atoms with Gasteiger partial charge in [0.25, 0.3) is 5.91 Å². The lowest BCUT2D eigenvalue weighted by molar-refractivity contribution is 0.0595. The van der Waals surface area contributed by atoms with E-state index in [4.69, 9.17) is 0 Å². The van der Waals surface area contributed by atoms with Gasteiger partial charge in [0.05, 0.1) is 6.33 Å². The molecule has 26 heavy (non-hydrogen) atoms. The Bertz CT molecular complexity index is 826. The smallest absolute Gasteiger partial charge is 0.254 e. The van der Waals surface area contributed by atoms with Crippen LogP contribution in [0.4, 0.5) is 0 Å². The number of piperidine rings is 1. The Kier molecular flexibility index (Phi) is 4.77. The van der Waals surface area contributed by atoms with Gasteiger partial charge in [0.2, 0.25) is 0 Å². The third-order valence-corrected chi connectivity index (χ3v) is 4.99. The number of nitrogens with zero attached hydrogens (tertiary/aromatic N) is 5. The monoisotopic (exact) mass is 350 g/mol. The molecule has 1 aliphatic heterocycles. The molecule has 0 unspecified atom stereocenters. The molecule has 1 aliphatic rings. The van der Waals surface area contributed by atoms with Crippen molar-refractivity contribution in [2.45, 2.75) is 38.3 Å². The standard InChI is InChI=1S/C19H22N6O/c26-19(16-6-4-15(5-7-16)18-21-13-22-23-18)25-10-2-1-3-17(25)8-11-24-12-9-20-14-24/h4-7,9,12-14,17H,1-3,8,10-11H2,(H,21,22,23)/t17-/m1/s1. The van der Waals surface area contributed by atoms with Crippen LogP contribution in [0, 0.1) is 0 Å². The number of carbonyl (C=O) groups is 1. The molecule has 3 aromatic rings. The number of rotatable bonds is 5. The third-order valence-electron chi connectivity index (χ3n) is 4.99. The van der Waals surface area contributed by atoms with E-state index in [2.05, 4.69) is 24.7 Å². The second kappa shape index (κ2) is 7.51. The highest BCUT2D eigenvalue weighted by Gasteiger charge is 2.27. The van der Waals surface area contributed by atoms with Gasteiger partial charge in [0.1, 0.15) is 6.33 Å². The summed E-state index contributed by atoms with van der Waals surface area (Å²) in [5.74, 6) is 0.824. The lowest BCUT2D eigenvalue weighted by Gasteiger charge is -2.36. The SMILES string of the molecule is O=C(c1ccc(-c2ncn[nH]2)cc1)N1CCCC[C@@H]1CCn1ccnc1. The van der Waals surface area contributed by atoms with Gasteiger partial charge in [-0.15, -0.1) is 0 Å². The molecule has 4 rings (SSSR count). The maximum Gasteiger partial charge on any atom is 0.254 e. The highest BCUT2D eigenvalue weighted by atomic mass is 16.2. The number of likely N-dealkylation sites (tertiary alicyclic amines) is 1. The average molecular weight is 350 g/mol. The van der Waals surface area contributed by atoms with Gasteiger partial charge in [-0.1, -0.05) is 12.1 Å². The van der Waals surface area contributed by atoms with Crippen LogP contribution in [-0.2, 0) is 6.54 Å². The summed E-state index contributed by atoms with van der Waals surface area (Å²) in [6.45, 7) is 1.72. The molecule has 3 heterocycles. The highest BCUT2D eigenvalue weighted by molar-refractivity contribution is 5.94. The first-order valence-corrected chi connectivity index (χ1v) is 9.04. The van der Waals surface area contributed by atoms with E-state index in [0.717, 1.165) is 43.5 Å². The van der Waals surface area contributed by atoms with Crippen molar-refractivity contribution in [1.82, 2.24) is 29.6 Å². The summed E-state index contributed by atoms with van der Waals surface area (Å²) < 4.78 is 2.07. The van der Waals surface area contributed by atoms with Crippen LogP contribution in [0.25, 0.3) is 11.4 Å². The Morgan fingerprint density at radius 3 is 2.85 bits per heavy atom. The van der Waals surface area contributed by atoms with E-state index in [-0.39, 0.29) is 11.9 Å². The molecular weight excluding hydrogens is 328 g/mol. The van der Waals surface area contributed by atoms with Gasteiger partial charge < -0.3 is 9.47 Å². The van der Waals surface area contributed by atoms with Crippen molar-refractivity contribution in [2.75, 3.05) is 6.54 Å². The van der Waals surface area contributed by atoms with E-state index < -0.39 is 0 Å². The number of imidazole rings is 1. The Morgan fingerprint density at radius 2 is 2.12 bits per heavy atom. The molecule has 1 saturated heterocycles. The van der Waals surface area contributed by atoms with Crippen LogP contribution >= 0.6 is 0 Å². The van der Waals surface area contributed by atoms with E-state index in [1.54, 1.807) is 6.20 Å². The van der Waals surface area contributed by atoms with Gasteiger partial charge in [-0.3, -0.25) is 9.89 Å². The fraction of sp³-hybridized carbons (Fsp3) is 0.368. The second-order valence-electron chi connectivity index (χ2n) is 6.65. The van der Waals surface area contributed by atoms with Crippen LogP contribution in [0.5, 0.6) is 0 Å². The summed E-state index contributed by atoms with van der Waals surface area (Å²) >= 11 is 0. The third kappa shape index (κ3) is 3.51. The van der Waals surface area contributed by atoms with Crippen LogP contribution < -0.4 is 0 Å². The van der Waals surface area contributed by atoms with Crippen LogP contribution in [0.1, 0.15) is 36.0 Å². The minimum Gasteiger partial charge on any atom is -0.337 e. The minimum absolute atomic E-state index is 0.115. The van der Waals surface area contributed by atoms with E-state index in [1.807, 2.05) is 41.7 Å².